The second-order valence-electron chi connectivity index (χ2n) is 3.93. The summed E-state index contributed by atoms with van der Waals surface area (Å²) < 4.78 is 78.9. The lowest BCUT2D eigenvalue weighted by atomic mass is 10.0. The van der Waals surface area contributed by atoms with Crippen LogP contribution < -0.4 is 10.5 Å². The minimum Gasteiger partial charge on any atom is -0.428 e. The van der Waals surface area contributed by atoms with Crippen LogP contribution in [-0.4, -0.2) is 30.2 Å². The molecule has 20 heavy (non-hydrogen) atoms. The van der Waals surface area contributed by atoms with E-state index in [1.165, 1.54) is 0 Å². The van der Waals surface area contributed by atoms with E-state index in [1.54, 1.807) is 0 Å². The zero-order valence-corrected chi connectivity index (χ0v) is 9.87. The highest BCUT2D eigenvalue weighted by Gasteiger charge is 2.44. The Hall–Kier alpha value is -1.48. The average Bonchev–Trinajstić information content (AvgIpc) is 2.38. The van der Waals surface area contributed by atoms with Crippen LogP contribution in [0.1, 0.15) is 11.6 Å². The molecule has 9 heteroatoms. The van der Waals surface area contributed by atoms with E-state index < -0.39 is 36.9 Å². The normalized spacial score (nSPS) is 14.4. The Kier molecular flexibility index (Phi) is 4.87. The maximum Gasteiger partial charge on any atom is 0.461 e. The molecule has 0 aromatic heterocycles. The van der Waals surface area contributed by atoms with Gasteiger partial charge < -0.3 is 15.6 Å². The molecule has 3 N–H and O–H groups in total. The molecule has 0 heterocycles. The van der Waals surface area contributed by atoms with Gasteiger partial charge in [-0.3, -0.25) is 0 Å². The van der Waals surface area contributed by atoms with Gasteiger partial charge >= 0.3 is 12.5 Å². The van der Waals surface area contributed by atoms with Crippen LogP contribution in [0, 0.1) is 0 Å². The molecular weight excluding hydrogens is 292 g/mol. The van der Waals surface area contributed by atoms with Crippen molar-refractivity contribution in [2.24, 2.45) is 5.73 Å². The van der Waals surface area contributed by atoms with Gasteiger partial charge in [-0.15, -0.1) is 0 Å². The summed E-state index contributed by atoms with van der Waals surface area (Å²) >= 11 is 0. The summed E-state index contributed by atoms with van der Waals surface area (Å²) in [6, 6.07) is 1.59. The highest BCUT2D eigenvalue weighted by molar-refractivity contribution is 5.30. The number of benzene rings is 1. The summed E-state index contributed by atoms with van der Waals surface area (Å²) in [7, 11) is 0. The summed E-state index contributed by atoms with van der Waals surface area (Å²) in [5.41, 5.74) is 5.02. The molecule has 0 radical (unpaired) electrons. The van der Waals surface area contributed by atoms with Crippen LogP contribution in [0.3, 0.4) is 0 Å². The third-order valence-electron chi connectivity index (χ3n) is 2.41. The lowest BCUT2D eigenvalue weighted by molar-refractivity contribution is -0.253. The first-order valence-corrected chi connectivity index (χ1v) is 5.29. The van der Waals surface area contributed by atoms with Crippen molar-refractivity contribution in [2.45, 2.75) is 24.5 Å². The summed E-state index contributed by atoms with van der Waals surface area (Å²) in [6.07, 6.45) is -8.71. The van der Waals surface area contributed by atoms with Crippen LogP contribution in [-0.2, 0) is 0 Å². The summed E-state index contributed by atoms with van der Waals surface area (Å²) in [5.74, 6) is -4.23. The molecule has 0 saturated carbocycles. The highest BCUT2D eigenvalue weighted by atomic mass is 19.3. The molecule has 0 bridgehead atoms. The molecule has 114 valence electrons. The summed E-state index contributed by atoms with van der Waals surface area (Å²) in [6.45, 7) is -1.49. The molecule has 3 nitrogen and oxygen atoms in total. The minimum atomic E-state index is -4.68. The van der Waals surface area contributed by atoms with Crippen molar-refractivity contribution in [3.8, 4) is 5.75 Å². The van der Waals surface area contributed by atoms with Crippen LogP contribution in [0.5, 0.6) is 5.75 Å². The molecule has 0 amide bonds. The molecule has 1 aromatic rings. The molecule has 0 aliphatic heterocycles. The lowest BCUT2D eigenvalue weighted by Gasteiger charge is -2.22. The van der Waals surface area contributed by atoms with Crippen molar-refractivity contribution in [3.05, 3.63) is 29.8 Å². The van der Waals surface area contributed by atoms with Gasteiger partial charge in [-0.2, -0.15) is 17.6 Å². The van der Waals surface area contributed by atoms with Crippen molar-refractivity contribution in [3.63, 3.8) is 0 Å². The number of rotatable bonds is 6. The number of ether oxygens (including phenoxy) is 1. The number of hydrogen-bond acceptors (Lipinski definition) is 3. The van der Waals surface area contributed by atoms with Gasteiger partial charge in [-0.25, -0.2) is 8.78 Å². The Bertz CT molecular complexity index is 437. The molecule has 0 unspecified atom stereocenters. The lowest BCUT2D eigenvalue weighted by Crippen LogP contribution is -2.36. The Morgan fingerprint density at radius 1 is 1.10 bits per heavy atom. The van der Waals surface area contributed by atoms with E-state index in [9.17, 15) is 26.3 Å². The number of aliphatic hydroxyl groups excluding tert-OH is 1. The molecule has 0 fully saturated rings. The zero-order chi connectivity index (χ0) is 15.6. The fourth-order valence-electron chi connectivity index (χ4n) is 1.29. The van der Waals surface area contributed by atoms with E-state index in [2.05, 4.69) is 4.74 Å². The van der Waals surface area contributed by atoms with Crippen LogP contribution >= 0.6 is 0 Å². The molecular formula is C11H11F6NO2. The molecule has 0 aliphatic carbocycles. The van der Waals surface area contributed by atoms with Gasteiger partial charge in [0.15, 0.2) is 0 Å². The third-order valence-corrected chi connectivity index (χ3v) is 2.41. The first kappa shape index (κ1) is 16.6. The van der Waals surface area contributed by atoms with E-state index in [1.807, 2.05) is 0 Å². The van der Waals surface area contributed by atoms with Crippen LogP contribution in [0.2, 0.25) is 0 Å². The van der Waals surface area contributed by atoms with Gasteiger partial charge in [0.1, 0.15) is 12.4 Å². The Labute approximate surface area is 109 Å². The van der Waals surface area contributed by atoms with Gasteiger partial charge in [-0.1, -0.05) is 12.1 Å². The van der Waals surface area contributed by atoms with Gasteiger partial charge in [0, 0.05) is 0 Å². The Morgan fingerprint density at radius 2 is 1.60 bits per heavy atom. The van der Waals surface area contributed by atoms with Gasteiger partial charge in [0.05, 0.1) is 6.04 Å². The quantitative estimate of drug-likeness (QED) is 0.794. The number of hydrogen-bond donors (Lipinski definition) is 2. The van der Waals surface area contributed by atoms with Crippen molar-refractivity contribution < 1.29 is 36.2 Å². The highest BCUT2D eigenvalue weighted by Crippen LogP contribution is 2.31. The first-order chi connectivity index (χ1) is 9.10. The van der Waals surface area contributed by atoms with Gasteiger partial charge in [0.2, 0.25) is 0 Å². The summed E-state index contributed by atoms with van der Waals surface area (Å²) in [4.78, 5) is 0. The van der Waals surface area contributed by atoms with Crippen LogP contribution in [0.25, 0.3) is 0 Å². The zero-order valence-electron chi connectivity index (χ0n) is 9.87. The predicted octanol–water partition coefficient (Wildman–Crippen LogP) is 2.55. The van der Waals surface area contributed by atoms with E-state index in [4.69, 9.17) is 10.8 Å². The Balaban J connectivity index is 2.85. The molecule has 1 rings (SSSR count). The molecule has 0 spiro atoms. The smallest absolute Gasteiger partial charge is 0.428 e. The van der Waals surface area contributed by atoms with Crippen LogP contribution in [0.4, 0.5) is 26.3 Å². The standard InChI is InChI=1S/C11H11F6NO2/c12-9(13)11(16,17)20-7-3-1-6(2-4-7)8(18)10(14,15)5-19/h1-4,8-9,19H,5,18H2/t8-/m0/s1. The van der Waals surface area contributed by atoms with Crippen LogP contribution in [0.15, 0.2) is 24.3 Å². The molecule has 0 saturated heterocycles. The van der Waals surface area contributed by atoms with Crippen molar-refractivity contribution in [2.75, 3.05) is 6.61 Å². The number of aliphatic hydroxyl groups is 1. The SMILES string of the molecule is N[C@@H](c1ccc(OC(F)(F)C(F)F)cc1)C(F)(F)CO. The van der Waals surface area contributed by atoms with Gasteiger partial charge in [-0.05, 0) is 17.7 Å². The first-order valence-electron chi connectivity index (χ1n) is 5.29. The van der Waals surface area contributed by atoms with E-state index in [0.29, 0.717) is 0 Å². The number of nitrogens with two attached hydrogens (primary N) is 1. The van der Waals surface area contributed by atoms with Crippen molar-refractivity contribution in [1.29, 1.82) is 0 Å². The van der Waals surface area contributed by atoms with Crippen molar-refractivity contribution in [1.82, 2.24) is 0 Å². The second-order valence-corrected chi connectivity index (χ2v) is 3.93. The van der Waals surface area contributed by atoms with E-state index in [-0.39, 0.29) is 5.56 Å². The maximum atomic E-state index is 13.1. The predicted molar refractivity (Wildman–Crippen MR) is 57.0 cm³/mol. The minimum absolute atomic E-state index is 0.170. The largest absolute Gasteiger partial charge is 0.461 e. The fraction of sp³-hybridized carbons (Fsp3) is 0.455. The number of alkyl halides is 6. The topological polar surface area (TPSA) is 55.5 Å². The number of halogens is 6. The van der Waals surface area contributed by atoms with Crippen molar-refractivity contribution >= 4 is 0 Å². The Morgan fingerprint density at radius 3 is 2.00 bits per heavy atom. The van der Waals surface area contributed by atoms with Gasteiger partial charge in [0.25, 0.3) is 5.92 Å². The molecule has 1 aromatic carbocycles. The second kappa shape index (κ2) is 5.88. The molecule has 1 atom stereocenters. The summed E-state index contributed by atoms with van der Waals surface area (Å²) in [5, 5.41) is 8.46. The van der Waals surface area contributed by atoms with E-state index in [0.717, 1.165) is 24.3 Å². The fourth-order valence-corrected chi connectivity index (χ4v) is 1.29. The monoisotopic (exact) mass is 303 g/mol. The maximum absolute atomic E-state index is 13.1. The third kappa shape index (κ3) is 3.76. The van der Waals surface area contributed by atoms with E-state index >= 15 is 0 Å². The average molecular weight is 303 g/mol. The molecule has 0 aliphatic rings.